The predicted molar refractivity (Wildman–Crippen MR) is 108 cm³/mol. The number of ether oxygens (including phenoxy) is 2. The van der Waals surface area contributed by atoms with Crippen LogP contribution in [0.15, 0.2) is 53.3 Å². The van der Waals surface area contributed by atoms with Gasteiger partial charge in [0.15, 0.2) is 0 Å². The van der Waals surface area contributed by atoms with Gasteiger partial charge in [0.25, 0.3) is 5.56 Å². The minimum atomic E-state index is -0.457. The molecule has 0 aliphatic heterocycles. The van der Waals surface area contributed by atoms with Crippen molar-refractivity contribution in [3.8, 4) is 0 Å². The lowest BCUT2D eigenvalue weighted by Gasteiger charge is -2.07. The fourth-order valence-electron chi connectivity index (χ4n) is 2.68. The summed E-state index contributed by atoms with van der Waals surface area (Å²) in [6, 6.07) is 13.6. The molecular formula is C21H21N3O5. The van der Waals surface area contributed by atoms with Crippen LogP contribution < -0.4 is 10.9 Å². The second-order valence-electron chi connectivity index (χ2n) is 6.28. The molecule has 0 radical (unpaired) electrons. The number of hydrogen-bond donors (Lipinski definition) is 2. The Morgan fingerprint density at radius 2 is 1.83 bits per heavy atom. The van der Waals surface area contributed by atoms with Gasteiger partial charge < -0.3 is 19.8 Å². The average Bonchev–Trinajstić information content (AvgIpc) is 2.73. The van der Waals surface area contributed by atoms with E-state index in [1.807, 2.05) is 12.1 Å². The van der Waals surface area contributed by atoms with Crippen LogP contribution in [0.3, 0.4) is 0 Å². The van der Waals surface area contributed by atoms with Gasteiger partial charge in [-0.05, 0) is 36.4 Å². The first-order chi connectivity index (χ1) is 14.1. The van der Waals surface area contributed by atoms with Crippen LogP contribution in [-0.2, 0) is 20.7 Å². The number of amides is 1. The Hall–Kier alpha value is -3.52. The van der Waals surface area contributed by atoms with Gasteiger partial charge in [0.05, 0.1) is 23.2 Å². The van der Waals surface area contributed by atoms with Gasteiger partial charge in [-0.2, -0.15) is 0 Å². The predicted octanol–water partition coefficient (Wildman–Crippen LogP) is 2.30. The molecule has 1 amide bonds. The number of nitrogens with zero attached hydrogens (tertiary/aromatic N) is 1. The van der Waals surface area contributed by atoms with Crippen LogP contribution >= 0.6 is 0 Å². The number of aromatic nitrogens is 2. The summed E-state index contributed by atoms with van der Waals surface area (Å²) in [5, 5.41) is 2.74. The van der Waals surface area contributed by atoms with Gasteiger partial charge in [-0.25, -0.2) is 9.78 Å². The van der Waals surface area contributed by atoms with Crippen LogP contribution in [0.4, 0.5) is 5.69 Å². The van der Waals surface area contributed by atoms with Crippen molar-refractivity contribution in [2.45, 2.75) is 12.8 Å². The zero-order valence-corrected chi connectivity index (χ0v) is 15.9. The van der Waals surface area contributed by atoms with Crippen molar-refractivity contribution in [2.75, 3.05) is 25.6 Å². The summed E-state index contributed by atoms with van der Waals surface area (Å²) in [5.74, 6) is -0.712. The van der Waals surface area contributed by atoms with E-state index in [-0.39, 0.29) is 30.9 Å². The summed E-state index contributed by atoms with van der Waals surface area (Å²) >= 11 is 0. The molecule has 3 aromatic rings. The van der Waals surface area contributed by atoms with Crippen LogP contribution in [-0.4, -0.2) is 42.2 Å². The topological polar surface area (TPSA) is 110 Å². The fraction of sp³-hybridized carbons (Fsp3) is 0.238. The van der Waals surface area contributed by atoms with Gasteiger partial charge in [-0.1, -0.05) is 12.1 Å². The van der Waals surface area contributed by atoms with E-state index < -0.39 is 5.97 Å². The van der Waals surface area contributed by atoms with Gasteiger partial charge in [0.1, 0.15) is 12.3 Å². The monoisotopic (exact) mass is 395 g/mol. The third-order valence-corrected chi connectivity index (χ3v) is 4.18. The fourth-order valence-corrected chi connectivity index (χ4v) is 2.68. The lowest BCUT2D eigenvalue weighted by Crippen LogP contribution is -2.19. The van der Waals surface area contributed by atoms with Crippen LogP contribution in [0.5, 0.6) is 0 Å². The molecule has 2 aromatic carbocycles. The van der Waals surface area contributed by atoms with Gasteiger partial charge in [-0.3, -0.25) is 9.59 Å². The number of fused-ring (bicyclic) bond motifs is 1. The van der Waals surface area contributed by atoms with Crippen LogP contribution in [0.25, 0.3) is 11.0 Å². The normalized spacial score (nSPS) is 10.7. The van der Waals surface area contributed by atoms with Crippen molar-refractivity contribution >= 4 is 28.6 Å². The Kier molecular flexibility index (Phi) is 6.70. The van der Waals surface area contributed by atoms with E-state index in [0.29, 0.717) is 34.6 Å². The number of hydrogen-bond acceptors (Lipinski definition) is 6. The molecule has 1 aromatic heterocycles. The summed E-state index contributed by atoms with van der Waals surface area (Å²) in [4.78, 5) is 43.2. The summed E-state index contributed by atoms with van der Waals surface area (Å²) < 4.78 is 9.85. The second kappa shape index (κ2) is 9.61. The molecule has 0 bridgehead atoms. The first-order valence-electron chi connectivity index (χ1n) is 9.11. The number of esters is 1. The molecule has 29 heavy (non-hydrogen) atoms. The van der Waals surface area contributed by atoms with E-state index in [1.54, 1.807) is 36.4 Å². The van der Waals surface area contributed by atoms with Crippen molar-refractivity contribution < 1.29 is 19.1 Å². The van der Waals surface area contributed by atoms with E-state index in [0.717, 1.165) is 0 Å². The van der Waals surface area contributed by atoms with E-state index in [2.05, 4.69) is 15.3 Å². The lowest BCUT2D eigenvalue weighted by atomic mass is 10.2. The Morgan fingerprint density at radius 3 is 2.59 bits per heavy atom. The van der Waals surface area contributed by atoms with Crippen molar-refractivity contribution in [1.82, 2.24) is 9.97 Å². The Balaban J connectivity index is 1.55. The number of rotatable bonds is 8. The largest absolute Gasteiger partial charge is 0.460 e. The van der Waals surface area contributed by atoms with Crippen LogP contribution in [0, 0.1) is 0 Å². The molecular weight excluding hydrogens is 374 g/mol. The standard InChI is InChI=1S/C21H21N3O5/c1-28-12-13-29-21(27)14-6-8-15(9-7-14)22-19(25)11-10-18-20(26)24-17-5-3-2-4-16(17)23-18/h2-9H,10-13H2,1H3,(H,22,25)(H,24,26). The Morgan fingerprint density at radius 1 is 1.07 bits per heavy atom. The van der Waals surface area contributed by atoms with Crippen LogP contribution in [0.1, 0.15) is 22.5 Å². The molecule has 2 N–H and O–H groups in total. The maximum Gasteiger partial charge on any atom is 0.338 e. The molecule has 8 nitrogen and oxygen atoms in total. The third kappa shape index (κ3) is 5.49. The molecule has 1 heterocycles. The molecule has 0 unspecified atom stereocenters. The van der Waals surface area contributed by atoms with E-state index in [1.165, 1.54) is 7.11 Å². The second-order valence-corrected chi connectivity index (χ2v) is 6.28. The molecule has 0 aliphatic rings. The highest BCUT2D eigenvalue weighted by Gasteiger charge is 2.10. The molecule has 0 atom stereocenters. The van der Waals surface area contributed by atoms with Crippen molar-refractivity contribution in [1.29, 1.82) is 0 Å². The molecule has 0 saturated heterocycles. The highest BCUT2D eigenvalue weighted by Crippen LogP contribution is 2.12. The van der Waals surface area contributed by atoms with Crippen LogP contribution in [0.2, 0.25) is 0 Å². The summed E-state index contributed by atoms with van der Waals surface area (Å²) in [6.07, 6.45) is 0.325. The van der Waals surface area contributed by atoms with E-state index in [9.17, 15) is 14.4 Å². The molecule has 0 fully saturated rings. The minimum Gasteiger partial charge on any atom is -0.460 e. The van der Waals surface area contributed by atoms with Crippen molar-refractivity contribution in [3.05, 3.63) is 70.1 Å². The van der Waals surface area contributed by atoms with Gasteiger partial charge >= 0.3 is 5.97 Å². The zero-order valence-electron chi connectivity index (χ0n) is 15.9. The minimum absolute atomic E-state index is 0.106. The quantitative estimate of drug-likeness (QED) is 0.447. The number of methoxy groups -OCH3 is 1. The summed E-state index contributed by atoms with van der Waals surface area (Å²) in [6.45, 7) is 0.505. The number of anilines is 1. The number of nitrogens with one attached hydrogen (secondary N) is 2. The number of aromatic amines is 1. The number of H-pyrrole nitrogens is 1. The molecule has 150 valence electrons. The number of carbonyl (C=O) groups is 2. The van der Waals surface area contributed by atoms with Crippen molar-refractivity contribution in [3.63, 3.8) is 0 Å². The number of benzene rings is 2. The third-order valence-electron chi connectivity index (χ3n) is 4.18. The number of para-hydroxylation sites is 2. The Bertz CT molecular complexity index is 1060. The summed E-state index contributed by atoms with van der Waals surface area (Å²) in [7, 11) is 1.53. The molecule has 0 saturated carbocycles. The van der Waals surface area contributed by atoms with Gasteiger partial charge in [-0.15, -0.1) is 0 Å². The van der Waals surface area contributed by atoms with Gasteiger partial charge in [0.2, 0.25) is 5.91 Å². The first kappa shape index (κ1) is 20.2. The maximum atomic E-state index is 12.2. The zero-order chi connectivity index (χ0) is 20.6. The smallest absolute Gasteiger partial charge is 0.338 e. The SMILES string of the molecule is COCCOC(=O)c1ccc(NC(=O)CCc2nc3ccccc3[nH]c2=O)cc1. The lowest BCUT2D eigenvalue weighted by molar-refractivity contribution is -0.116. The molecule has 3 rings (SSSR count). The highest BCUT2D eigenvalue weighted by molar-refractivity contribution is 5.93. The average molecular weight is 395 g/mol. The molecule has 0 aliphatic carbocycles. The maximum absolute atomic E-state index is 12.2. The van der Waals surface area contributed by atoms with E-state index in [4.69, 9.17) is 9.47 Å². The molecule has 0 spiro atoms. The van der Waals surface area contributed by atoms with Gasteiger partial charge in [0, 0.05) is 25.6 Å². The number of aryl methyl sites for hydroxylation is 1. The van der Waals surface area contributed by atoms with Crippen molar-refractivity contribution in [2.24, 2.45) is 0 Å². The summed E-state index contributed by atoms with van der Waals surface area (Å²) in [5.41, 5.74) is 2.28. The molecule has 8 heteroatoms. The number of carbonyl (C=O) groups excluding carboxylic acids is 2. The first-order valence-corrected chi connectivity index (χ1v) is 9.11. The highest BCUT2D eigenvalue weighted by atomic mass is 16.6. The Labute approximate surface area is 166 Å². The van der Waals surface area contributed by atoms with E-state index >= 15 is 0 Å².